The number of carboxylic acid groups (broad SMARTS) is 2. The van der Waals surface area contributed by atoms with Crippen LogP contribution in [0, 0.1) is 17.3 Å². The number of amides is 16. The number of carboxylic acids is 2. The van der Waals surface area contributed by atoms with E-state index in [1.54, 1.807) is 24.3 Å². The summed E-state index contributed by atoms with van der Waals surface area (Å²) < 4.78 is 1.18. The van der Waals surface area contributed by atoms with E-state index in [1.165, 1.54) is 41.3 Å². The number of aliphatic hydroxyl groups excluding tert-OH is 1. The van der Waals surface area contributed by atoms with Crippen LogP contribution in [0.5, 0.6) is 5.75 Å². The van der Waals surface area contributed by atoms with Crippen LogP contribution < -0.4 is 92.1 Å². The molecule has 3 aliphatic heterocycles. The standard InChI is InChI=1S/C72H98N24O21S2/c1-36(97)58-68(114)89-50(29-56(101)102)70(116)96-26-8-14-53(96)67(113)86-44(11-5-23-78-71(75)76)61(107)90-52-35-119-118-34-51(81-55(100)30-73)65(111)85-46(63(109)91-58)20-17-39-32-95(93-92-39)25-7-13-45(60(106)88-49(69(115)94(2)33-57(103)104)27-37-15-18-40(98)19-16-37)82-62(108)47(21-22-54(74)99)84-64(110)48(28-38-31-80-42-10-4-3-9-41(38)42)87-59(105)43(83-66(52)112)12-6-24-79-72(77)117/h3-4,9-10,15-16,18-19,31-32,36,43-53,58,80,97-98H,5-8,11-14,21-30,33-35,73H2,1-2H3,(H2,74,99)(H,81,100)(H,82,108)(H,83,112)(H,84,110)(H,85,111)(H,86,113)(H,87,105)(H,88,106)(H,89,114)(H,90,107)(H,91,109)(H,101,102)(H,103,104)(H4,75,76,78)(H3,77,79,117)/t36-,43-,44+,45-,46+,47-,48?,49+,50+,51?,52+,53-,58-/m0/s1. The molecule has 119 heavy (non-hydrogen) atoms. The molecule has 5 heterocycles. The van der Waals surface area contributed by atoms with Crippen LogP contribution in [0.25, 0.3) is 10.9 Å². The summed E-state index contributed by atoms with van der Waals surface area (Å²) in [6.07, 6.45) is -3.64. The van der Waals surface area contributed by atoms with E-state index in [1.807, 2.05) is 0 Å². The lowest BCUT2D eigenvalue weighted by Gasteiger charge is -2.31. The number of urea groups is 1. The van der Waals surface area contributed by atoms with E-state index in [0.29, 0.717) is 22.0 Å². The van der Waals surface area contributed by atoms with E-state index in [2.05, 4.69) is 96.3 Å². The van der Waals surface area contributed by atoms with Crippen LogP contribution in [-0.2, 0) is 96.1 Å². The van der Waals surface area contributed by atoms with Crippen molar-refractivity contribution in [1.82, 2.24) is 98.9 Å². The average Bonchev–Trinajstić information content (AvgIpc) is 1.69. The van der Waals surface area contributed by atoms with E-state index in [-0.39, 0.29) is 82.6 Å². The number of nitrogens with zero attached hydrogens (tertiary/aromatic N) is 5. The summed E-state index contributed by atoms with van der Waals surface area (Å²) in [4.78, 5) is 246. The number of benzene rings is 2. The van der Waals surface area contributed by atoms with Gasteiger partial charge in [0.05, 0.1) is 25.3 Å². The van der Waals surface area contributed by atoms with Crippen molar-refractivity contribution >= 4 is 139 Å². The number of nitrogens with one attached hydrogen (secondary N) is 15. The normalized spacial score (nSPS) is 23.0. The van der Waals surface area contributed by atoms with Gasteiger partial charge in [-0.3, -0.25) is 86.8 Å². The molecule has 47 heteroatoms. The van der Waals surface area contributed by atoms with Crippen LogP contribution in [0.15, 0.2) is 60.9 Å². The highest BCUT2D eigenvalue weighted by atomic mass is 33.1. The third-order valence-corrected chi connectivity index (χ3v) is 21.3. The number of H-pyrrole nitrogens is 1. The van der Waals surface area contributed by atoms with Crippen molar-refractivity contribution in [3.05, 3.63) is 77.7 Å². The SMILES string of the molecule is C[C@H](O)[C@@H]1NC(=O)[C@H]2C#Cc3cn(nn3)CCC[C@@H](C(=O)N[C@H](Cc3ccc(O)cc3)C(=O)N(C)CC(=O)O)NC(=O)[C@H](CCC(N)=O)NC(=O)C(Cc3c[nH]c4ccccc34)NC(=O)[C@H](CCCNC(N)=O)NC(=O)[C@@H](CSSCC(NC(=O)CN)C(=O)N2)NC(=O)[C@@H](CCCNC(=N)N)NC(=O)[C@@H]2CCCN2C(=O)[C@@H](CC(=O)O)NC1=O. The van der Waals surface area contributed by atoms with Gasteiger partial charge in [0.25, 0.3) is 5.91 Å². The number of aromatic amines is 1. The van der Waals surface area contributed by atoms with E-state index < -0.39 is 248 Å². The minimum Gasteiger partial charge on any atom is -0.508 e. The van der Waals surface area contributed by atoms with Gasteiger partial charge in [-0.25, -0.2) is 4.79 Å². The molecule has 3 aliphatic rings. The second kappa shape index (κ2) is 45.6. The number of aromatic nitrogens is 4. The second-order valence-corrected chi connectivity index (χ2v) is 30.6. The second-order valence-electron chi connectivity index (χ2n) is 28.1. The van der Waals surface area contributed by atoms with Crippen LogP contribution in [0.2, 0.25) is 0 Å². The Labute approximate surface area is 687 Å². The number of carbonyl (C=O) groups excluding carboxylic acids is 15. The minimum absolute atomic E-state index is 0.0417. The molecule has 13 atom stereocenters. The number of guanidine groups is 1. The third-order valence-electron chi connectivity index (χ3n) is 18.9. The number of hydrogen-bond acceptors (Lipinski definition) is 25. The molecule has 2 saturated heterocycles. The van der Waals surface area contributed by atoms with E-state index in [9.17, 15) is 78.0 Å². The smallest absolute Gasteiger partial charge is 0.323 e. The lowest BCUT2D eigenvalue weighted by atomic mass is 10.0. The zero-order valence-electron chi connectivity index (χ0n) is 64.7. The summed E-state index contributed by atoms with van der Waals surface area (Å²) in [5.41, 5.74) is 23.4. The molecule has 16 amide bonds. The number of likely N-dealkylation sites (N-methyl/N-ethyl adjacent to an activating group) is 1. The molecule has 27 N–H and O–H groups in total. The summed E-state index contributed by atoms with van der Waals surface area (Å²) in [7, 11) is 2.71. The lowest BCUT2D eigenvalue weighted by Crippen LogP contribution is -2.62. The van der Waals surface area contributed by atoms with Gasteiger partial charge in [0.15, 0.2) is 17.7 Å². The number of phenols is 1. The Kier molecular flexibility index (Phi) is 35.8. The van der Waals surface area contributed by atoms with Crippen molar-refractivity contribution in [3.8, 4) is 17.6 Å². The maximum absolute atomic E-state index is 15.4. The highest BCUT2D eigenvalue weighted by Gasteiger charge is 2.43. The van der Waals surface area contributed by atoms with Crippen molar-refractivity contribution in [2.24, 2.45) is 22.9 Å². The Bertz CT molecular complexity index is 4460. The molecule has 2 aromatic carbocycles. The van der Waals surface area contributed by atoms with Crippen molar-refractivity contribution < 1.29 is 102 Å². The van der Waals surface area contributed by atoms with Gasteiger partial charge in [-0.15, -0.1) is 5.10 Å². The third kappa shape index (κ3) is 29.4. The lowest BCUT2D eigenvalue weighted by molar-refractivity contribution is -0.146. The Balaban J connectivity index is 1.42. The van der Waals surface area contributed by atoms with Gasteiger partial charge in [-0.1, -0.05) is 63.1 Å². The number of para-hydroxylation sites is 1. The van der Waals surface area contributed by atoms with Crippen LogP contribution in [0.4, 0.5) is 4.79 Å². The molecular weight excluding hydrogens is 1600 g/mol. The Morgan fingerprint density at radius 3 is 1.98 bits per heavy atom. The van der Waals surface area contributed by atoms with Gasteiger partial charge in [-0.2, -0.15) is 0 Å². The molecule has 2 aromatic heterocycles. The molecule has 644 valence electrons. The molecule has 4 aromatic rings. The molecule has 0 spiro atoms. The van der Waals surface area contributed by atoms with Crippen LogP contribution >= 0.6 is 21.6 Å². The monoisotopic (exact) mass is 1700 g/mol. The van der Waals surface area contributed by atoms with Crippen molar-refractivity contribution in [2.45, 2.75) is 176 Å². The van der Waals surface area contributed by atoms with E-state index in [4.69, 9.17) is 28.3 Å². The van der Waals surface area contributed by atoms with Crippen LogP contribution in [-0.4, -0.2) is 287 Å². The average molecular weight is 1700 g/mol. The van der Waals surface area contributed by atoms with Gasteiger partial charge < -0.3 is 127 Å². The highest BCUT2D eigenvalue weighted by molar-refractivity contribution is 8.76. The van der Waals surface area contributed by atoms with Gasteiger partial charge in [0.1, 0.15) is 78.8 Å². The van der Waals surface area contributed by atoms with Crippen molar-refractivity contribution in [1.29, 1.82) is 5.41 Å². The number of carbonyl (C=O) groups is 17. The van der Waals surface area contributed by atoms with Crippen LogP contribution in [0.1, 0.15) is 94.4 Å². The van der Waals surface area contributed by atoms with Gasteiger partial charge in [0.2, 0.25) is 76.8 Å². The van der Waals surface area contributed by atoms with Gasteiger partial charge in [0, 0.05) is 81.1 Å². The topological polar surface area (TPSA) is 708 Å². The minimum atomic E-state index is -2.13. The Hall–Kier alpha value is -12.8. The number of fused-ring (bicyclic) bond motifs is 12. The van der Waals surface area contributed by atoms with Gasteiger partial charge >= 0.3 is 18.0 Å². The number of primary amides is 2. The summed E-state index contributed by atoms with van der Waals surface area (Å²) in [5.74, 6) is -15.3. The van der Waals surface area contributed by atoms with Crippen molar-refractivity contribution in [2.75, 3.05) is 51.3 Å². The first-order valence-corrected chi connectivity index (χ1v) is 40.2. The first-order chi connectivity index (χ1) is 56.6. The summed E-state index contributed by atoms with van der Waals surface area (Å²) in [6, 6.07) is -10.4. The Morgan fingerprint density at radius 2 is 1.32 bits per heavy atom. The fourth-order valence-corrected chi connectivity index (χ4v) is 15.1. The molecule has 0 saturated carbocycles. The van der Waals surface area contributed by atoms with Crippen LogP contribution in [0.3, 0.4) is 0 Å². The zero-order valence-corrected chi connectivity index (χ0v) is 66.4. The van der Waals surface area contributed by atoms with E-state index >= 15 is 24.0 Å². The highest BCUT2D eigenvalue weighted by Crippen LogP contribution is 2.26. The number of nitrogens with two attached hydrogens (primary N) is 4. The number of phenolic OH excluding ortho intramolecular Hbond substituents is 1. The number of rotatable bonds is 25. The summed E-state index contributed by atoms with van der Waals surface area (Å²) >= 11 is 0. The fourth-order valence-electron chi connectivity index (χ4n) is 12.8. The molecule has 45 nitrogen and oxygen atoms in total. The first kappa shape index (κ1) is 93.3. The van der Waals surface area contributed by atoms with E-state index in [0.717, 1.165) is 45.4 Å². The maximum atomic E-state index is 15.4. The Morgan fingerprint density at radius 1 is 0.697 bits per heavy atom. The fraction of sp³-hybridized carbons (Fsp3) is 0.500. The molecule has 2 unspecified atom stereocenters. The zero-order chi connectivity index (χ0) is 87.2. The van der Waals surface area contributed by atoms with Crippen molar-refractivity contribution in [3.63, 3.8) is 0 Å². The maximum Gasteiger partial charge on any atom is 0.323 e. The molecule has 4 bridgehead atoms. The largest absolute Gasteiger partial charge is 0.508 e. The quantitative estimate of drug-likeness (QED) is 0.00963. The molecule has 7 rings (SSSR count). The first-order valence-electron chi connectivity index (χ1n) is 37.7. The summed E-state index contributed by atoms with van der Waals surface area (Å²) in [5, 5.41) is 90.0. The predicted octanol–water partition coefficient (Wildman–Crippen LogP) is -7.85. The number of aliphatic hydroxyl groups is 1. The molecule has 2 fully saturated rings. The number of aromatic hydroxyl groups is 1. The predicted molar refractivity (Wildman–Crippen MR) is 423 cm³/mol. The number of aryl methyl sites for hydroxylation is 1. The summed E-state index contributed by atoms with van der Waals surface area (Å²) in [6.45, 7) is -1.27. The molecule has 0 aliphatic carbocycles. The van der Waals surface area contributed by atoms with Gasteiger partial charge in [-0.05, 0) is 100.0 Å². The molecule has 0 radical (unpaired) electrons. The number of hydrogen-bond donors (Lipinski definition) is 23. The number of aliphatic carboxylic acids is 2. The molecular formula is C72H98N24O21S2.